The largest absolute Gasteiger partial charge is 0.416 e. The first-order valence-electron chi connectivity index (χ1n) is 11.7. The second-order valence-electron chi connectivity index (χ2n) is 9.64. The smallest absolute Gasteiger partial charge is 0.370 e. The fourth-order valence-corrected chi connectivity index (χ4v) is 5.67. The Morgan fingerprint density at radius 2 is 1.87 bits per heavy atom. The molecule has 0 aliphatic carbocycles. The first-order chi connectivity index (χ1) is 17.7. The summed E-state index contributed by atoms with van der Waals surface area (Å²) >= 11 is 0. The number of halogens is 3. The molecule has 204 valence electrons. The monoisotopic (exact) mass is 538 g/mol. The molecule has 0 bridgehead atoms. The number of carbonyl (C=O) groups is 3. The van der Waals surface area contributed by atoms with Crippen LogP contribution in [-0.4, -0.2) is 92.3 Å². The molecule has 4 atom stereocenters. The number of amides is 3. The number of likely N-dealkylation sites (tertiary alicyclic amines) is 1. The Hall–Kier alpha value is -3.92. The van der Waals surface area contributed by atoms with Crippen LogP contribution in [-0.2, 0) is 15.8 Å². The second-order valence-corrected chi connectivity index (χ2v) is 9.64. The molecule has 5 rings (SSSR count). The molecule has 2 saturated heterocycles. The molecule has 2 fully saturated rings. The number of guanidine groups is 2. The van der Waals surface area contributed by atoms with Crippen molar-refractivity contribution in [2.24, 2.45) is 21.5 Å². The summed E-state index contributed by atoms with van der Waals surface area (Å²) in [5.41, 5.74) is 8.46. The SMILES string of the molecule is Cc1c(C(=O)NC2CN3C(N)=N[C@@H](CN4C(=O)CCC4=O)C4N=C(N)NC43C2(O)O)cccc1C(F)(F)F. The molecule has 1 aromatic carbocycles. The number of imide groups is 1. The van der Waals surface area contributed by atoms with Crippen molar-refractivity contribution in [2.45, 2.75) is 55.5 Å². The normalized spacial score (nSPS) is 30.0. The van der Waals surface area contributed by atoms with Gasteiger partial charge in [0.15, 0.2) is 17.6 Å². The van der Waals surface area contributed by atoms with Crippen LogP contribution in [0.15, 0.2) is 28.2 Å². The van der Waals surface area contributed by atoms with Crippen molar-refractivity contribution in [3.05, 3.63) is 34.9 Å². The van der Waals surface area contributed by atoms with Gasteiger partial charge in [-0.05, 0) is 24.6 Å². The fourth-order valence-electron chi connectivity index (χ4n) is 5.67. The van der Waals surface area contributed by atoms with Gasteiger partial charge in [-0.15, -0.1) is 0 Å². The lowest BCUT2D eigenvalue weighted by molar-refractivity contribution is -0.230. The van der Waals surface area contributed by atoms with Crippen LogP contribution < -0.4 is 22.1 Å². The lowest BCUT2D eigenvalue weighted by Gasteiger charge is -2.49. The Kier molecular flexibility index (Phi) is 5.61. The number of alkyl halides is 3. The van der Waals surface area contributed by atoms with Gasteiger partial charge in [-0.3, -0.25) is 19.3 Å². The number of hydrogen-bond donors (Lipinski definition) is 6. The predicted molar refractivity (Wildman–Crippen MR) is 124 cm³/mol. The summed E-state index contributed by atoms with van der Waals surface area (Å²) in [6.07, 6.45) is -4.63. The van der Waals surface area contributed by atoms with Crippen molar-refractivity contribution in [1.82, 2.24) is 20.4 Å². The van der Waals surface area contributed by atoms with Gasteiger partial charge in [0.2, 0.25) is 17.6 Å². The Morgan fingerprint density at radius 3 is 2.50 bits per heavy atom. The average molecular weight is 538 g/mol. The fraction of sp³-hybridized carbons (Fsp3) is 0.500. The number of hydrogen-bond acceptors (Lipinski definition) is 11. The van der Waals surface area contributed by atoms with E-state index >= 15 is 0 Å². The summed E-state index contributed by atoms with van der Waals surface area (Å²) < 4.78 is 40.1. The molecular weight excluding hydrogens is 513 g/mol. The summed E-state index contributed by atoms with van der Waals surface area (Å²) in [5, 5.41) is 28.0. The van der Waals surface area contributed by atoms with E-state index in [1.807, 2.05) is 0 Å². The second kappa shape index (κ2) is 8.29. The van der Waals surface area contributed by atoms with Gasteiger partial charge >= 0.3 is 6.18 Å². The highest BCUT2D eigenvalue weighted by molar-refractivity contribution is 6.02. The van der Waals surface area contributed by atoms with E-state index in [4.69, 9.17) is 11.5 Å². The zero-order valence-corrected chi connectivity index (χ0v) is 20.0. The van der Waals surface area contributed by atoms with Crippen LogP contribution in [0.4, 0.5) is 13.2 Å². The highest BCUT2D eigenvalue weighted by Crippen LogP contribution is 2.45. The molecule has 1 aromatic rings. The number of nitrogens with zero attached hydrogens (tertiary/aromatic N) is 4. The van der Waals surface area contributed by atoms with Crippen LogP contribution in [0.25, 0.3) is 0 Å². The Labute approximate surface area is 213 Å². The van der Waals surface area contributed by atoms with Crippen molar-refractivity contribution in [3.8, 4) is 0 Å². The molecule has 13 nitrogen and oxygen atoms in total. The van der Waals surface area contributed by atoms with E-state index in [-0.39, 0.29) is 49.0 Å². The molecule has 0 radical (unpaired) electrons. The van der Waals surface area contributed by atoms with Crippen molar-refractivity contribution in [3.63, 3.8) is 0 Å². The lowest BCUT2D eigenvalue weighted by atomic mass is 9.84. The van der Waals surface area contributed by atoms with Crippen LogP contribution in [0.5, 0.6) is 0 Å². The summed E-state index contributed by atoms with van der Waals surface area (Å²) in [7, 11) is 0. The van der Waals surface area contributed by atoms with E-state index in [0.29, 0.717) is 0 Å². The first-order valence-corrected chi connectivity index (χ1v) is 11.7. The predicted octanol–water partition coefficient (Wildman–Crippen LogP) is -2.06. The standard InChI is InChI=1S/C22H25F3N8O5/c1-9-10(3-2-4-11(9)22(23,24)25)17(36)29-13-8-33-19(27)28-12(7-32-14(34)5-6-15(32)35)16-20(33,21(13,37)38)31-18(26)30-16/h2-4,12-13,16,37-38H,5-8H2,1H3,(H2,27,28)(H,29,36)(H3,26,30,31)/t12-,13?,16?,20?/m0/s1. The summed E-state index contributed by atoms with van der Waals surface area (Å²) in [6.45, 7) is 0.569. The van der Waals surface area contributed by atoms with E-state index in [0.717, 1.165) is 24.0 Å². The van der Waals surface area contributed by atoms with Gasteiger partial charge in [0.05, 0.1) is 18.2 Å². The Bertz CT molecular complexity index is 1280. The van der Waals surface area contributed by atoms with Gasteiger partial charge in [0, 0.05) is 24.9 Å². The topological polar surface area (TPSA) is 199 Å². The van der Waals surface area contributed by atoms with E-state index in [9.17, 15) is 37.8 Å². The highest BCUT2D eigenvalue weighted by Gasteiger charge is 2.73. The summed E-state index contributed by atoms with van der Waals surface area (Å²) in [5.74, 6) is -5.08. The van der Waals surface area contributed by atoms with Gasteiger partial charge < -0.3 is 37.2 Å². The average Bonchev–Trinajstić information content (AvgIpc) is 3.41. The molecule has 8 N–H and O–H groups in total. The first kappa shape index (κ1) is 25.7. The minimum Gasteiger partial charge on any atom is -0.370 e. The molecule has 3 amide bonds. The molecule has 0 aromatic heterocycles. The molecule has 16 heteroatoms. The van der Waals surface area contributed by atoms with Crippen molar-refractivity contribution >= 4 is 29.6 Å². The quantitative estimate of drug-likeness (QED) is 0.184. The molecule has 3 unspecified atom stereocenters. The van der Waals surface area contributed by atoms with Crippen molar-refractivity contribution in [2.75, 3.05) is 13.1 Å². The number of aliphatic imine (C=N–C) groups is 2. The van der Waals surface area contributed by atoms with Gasteiger partial charge in [-0.2, -0.15) is 13.2 Å². The van der Waals surface area contributed by atoms with Gasteiger partial charge in [0.25, 0.3) is 5.91 Å². The van der Waals surface area contributed by atoms with E-state index < -0.39 is 59.0 Å². The molecule has 1 spiro atoms. The van der Waals surface area contributed by atoms with Gasteiger partial charge in [0.1, 0.15) is 12.1 Å². The number of nitrogens with two attached hydrogens (primary N) is 2. The Balaban J connectivity index is 1.46. The third-order valence-corrected chi connectivity index (χ3v) is 7.52. The number of aliphatic hydroxyl groups is 2. The molecular formula is C22H25F3N8O5. The zero-order valence-electron chi connectivity index (χ0n) is 20.0. The number of rotatable bonds is 4. The minimum atomic E-state index is -4.70. The molecule has 38 heavy (non-hydrogen) atoms. The Morgan fingerprint density at radius 1 is 1.21 bits per heavy atom. The maximum Gasteiger partial charge on any atom is 0.416 e. The van der Waals surface area contributed by atoms with Crippen LogP contribution in [0.3, 0.4) is 0 Å². The summed E-state index contributed by atoms with van der Waals surface area (Å²) in [4.78, 5) is 48.3. The lowest BCUT2D eigenvalue weighted by Crippen LogP contribution is -2.78. The highest BCUT2D eigenvalue weighted by atomic mass is 19.4. The van der Waals surface area contributed by atoms with Gasteiger partial charge in [-0.25, -0.2) is 9.98 Å². The minimum absolute atomic E-state index is 0.0311. The maximum absolute atomic E-state index is 13.4. The molecule has 4 aliphatic heterocycles. The number of benzene rings is 1. The van der Waals surface area contributed by atoms with Crippen LogP contribution in [0.2, 0.25) is 0 Å². The van der Waals surface area contributed by atoms with E-state index in [1.165, 1.54) is 11.0 Å². The number of nitrogens with one attached hydrogen (secondary N) is 2. The summed E-state index contributed by atoms with van der Waals surface area (Å²) in [6, 6.07) is -0.574. The van der Waals surface area contributed by atoms with Crippen LogP contribution >= 0.6 is 0 Å². The van der Waals surface area contributed by atoms with Crippen LogP contribution in [0, 0.1) is 6.92 Å². The molecule has 4 heterocycles. The van der Waals surface area contributed by atoms with Crippen molar-refractivity contribution in [1.29, 1.82) is 0 Å². The number of carbonyl (C=O) groups excluding carboxylic acids is 3. The molecule has 4 aliphatic rings. The van der Waals surface area contributed by atoms with E-state index in [1.54, 1.807) is 0 Å². The zero-order chi connectivity index (χ0) is 27.8. The maximum atomic E-state index is 13.4. The van der Waals surface area contributed by atoms with Gasteiger partial charge in [-0.1, -0.05) is 6.07 Å². The van der Waals surface area contributed by atoms with Crippen LogP contribution in [0.1, 0.15) is 34.3 Å². The van der Waals surface area contributed by atoms with E-state index in [2.05, 4.69) is 20.6 Å². The molecule has 0 saturated carbocycles. The third-order valence-electron chi connectivity index (χ3n) is 7.52. The van der Waals surface area contributed by atoms with Crippen molar-refractivity contribution < 1.29 is 37.8 Å². The third kappa shape index (κ3) is 3.58.